The molecule has 0 bridgehead atoms. The molecule has 4 N–H and O–H groups in total. The van der Waals surface area contributed by atoms with Crippen molar-refractivity contribution in [2.45, 2.75) is 31.5 Å². The summed E-state index contributed by atoms with van der Waals surface area (Å²) in [6.45, 7) is 0.0429. The number of nitriles is 1. The van der Waals surface area contributed by atoms with Crippen molar-refractivity contribution in [3.63, 3.8) is 0 Å². The molecule has 0 spiro atoms. The van der Waals surface area contributed by atoms with Gasteiger partial charge in [-0.2, -0.15) is 5.26 Å². The Bertz CT molecular complexity index is 1190. The Morgan fingerprint density at radius 3 is 2.03 bits per heavy atom. The van der Waals surface area contributed by atoms with Crippen molar-refractivity contribution >= 4 is 17.9 Å². The number of nitrogens with two attached hydrogens (primary N) is 1. The van der Waals surface area contributed by atoms with Gasteiger partial charge in [-0.25, -0.2) is 4.79 Å². The topological polar surface area (TPSA) is 134 Å². The van der Waals surface area contributed by atoms with Gasteiger partial charge >= 0.3 is 6.09 Å². The lowest BCUT2D eigenvalue weighted by Crippen LogP contribution is -2.54. The maximum absolute atomic E-state index is 13.2. The van der Waals surface area contributed by atoms with E-state index in [4.69, 9.17) is 10.5 Å². The number of hydrogen-bond donors (Lipinski definition) is 3. The van der Waals surface area contributed by atoms with Crippen LogP contribution < -0.4 is 16.4 Å². The highest BCUT2D eigenvalue weighted by atomic mass is 16.5. The average Bonchev–Trinajstić information content (AvgIpc) is 2.88. The molecular weight excluding hydrogens is 444 g/mol. The van der Waals surface area contributed by atoms with E-state index >= 15 is 0 Å². The molecule has 0 fully saturated rings. The van der Waals surface area contributed by atoms with Crippen LogP contribution in [0.4, 0.5) is 4.79 Å². The zero-order valence-electron chi connectivity index (χ0n) is 19.0. The zero-order chi connectivity index (χ0) is 25.0. The third kappa shape index (κ3) is 7.72. The molecule has 3 aromatic carbocycles. The molecule has 3 amide bonds. The Labute approximate surface area is 203 Å². The number of nitrogens with one attached hydrogen (secondary N) is 2. The highest BCUT2D eigenvalue weighted by Crippen LogP contribution is 2.11. The Balaban J connectivity index is 1.72. The lowest BCUT2D eigenvalue weighted by atomic mass is 9.99. The molecule has 0 aliphatic carbocycles. The van der Waals surface area contributed by atoms with Gasteiger partial charge in [0.05, 0.1) is 11.6 Å². The lowest BCUT2D eigenvalue weighted by Gasteiger charge is -2.22. The number of nitrogens with zero attached hydrogens (tertiary/aromatic N) is 1. The van der Waals surface area contributed by atoms with Gasteiger partial charge in [-0.1, -0.05) is 78.9 Å². The molecular formula is C27H26N4O4. The van der Waals surface area contributed by atoms with Gasteiger partial charge in [-0.3, -0.25) is 9.59 Å². The van der Waals surface area contributed by atoms with Crippen LogP contribution in [0.5, 0.6) is 0 Å². The molecule has 3 aromatic rings. The SMILES string of the molecule is N#Cc1ccccc1C[C@@H](NC(=O)[C@@H](Cc1ccccc1)NC(=O)OCc1ccccc1)C(N)=O. The van der Waals surface area contributed by atoms with Gasteiger partial charge in [0.2, 0.25) is 11.8 Å². The maximum atomic E-state index is 13.2. The van der Waals surface area contributed by atoms with Gasteiger partial charge in [0.1, 0.15) is 18.7 Å². The number of rotatable bonds is 10. The molecule has 0 aromatic heterocycles. The summed E-state index contributed by atoms with van der Waals surface area (Å²) < 4.78 is 5.27. The van der Waals surface area contributed by atoms with Gasteiger partial charge in [0.25, 0.3) is 0 Å². The van der Waals surface area contributed by atoms with Crippen molar-refractivity contribution in [3.05, 3.63) is 107 Å². The predicted molar refractivity (Wildman–Crippen MR) is 130 cm³/mol. The van der Waals surface area contributed by atoms with Crippen LogP contribution in [0.3, 0.4) is 0 Å². The summed E-state index contributed by atoms with van der Waals surface area (Å²) in [4.78, 5) is 37.8. The smallest absolute Gasteiger partial charge is 0.408 e. The molecule has 0 heterocycles. The maximum Gasteiger partial charge on any atom is 0.408 e. The first-order valence-corrected chi connectivity index (χ1v) is 11.0. The van der Waals surface area contributed by atoms with Crippen LogP contribution in [0.1, 0.15) is 22.3 Å². The normalized spacial score (nSPS) is 12.0. The predicted octanol–water partition coefficient (Wildman–Crippen LogP) is 2.61. The van der Waals surface area contributed by atoms with Gasteiger partial charge in [0.15, 0.2) is 0 Å². The molecule has 8 heteroatoms. The second kappa shape index (κ2) is 12.6. The number of ether oxygens (including phenoxy) is 1. The Hall–Kier alpha value is -4.64. The molecule has 2 atom stereocenters. The van der Waals surface area contributed by atoms with Gasteiger partial charge in [-0.05, 0) is 22.8 Å². The number of amides is 3. The van der Waals surface area contributed by atoms with Gasteiger partial charge < -0.3 is 21.1 Å². The van der Waals surface area contributed by atoms with Crippen LogP contribution in [0.15, 0.2) is 84.9 Å². The third-order valence-electron chi connectivity index (χ3n) is 5.33. The Morgan fingerprint density at radius 1 is 0.800 bits per heavy atom. The molecule has 0 aliphatic heterocycles. The van der Waals surface area contributed by atoms with E-state index in [1.807, 2.05) is 60.7 Å². The van der Waals surface area contributed by atoms with Crippen LogP contribution in [0.2, 0.25) is 0 Å². The minimum atomic E-state index is -1.07. The van der Waals surface area contributed by atoms with E-state index in [0.29, 0.717) is 11.1 Å². The molecule has 0 unspecified atom stereocenters. The summed E-state index contributed by atoms with van der Waals surface area (Å²) >= 11 is 0. The summed E-state index contributed by atoms with van der Waals surface area (Å²) in [5.41, 5.74) is 8.11. The molecule has 0 aliphatic rings. The highest BCUT2D eigenvalue weighted by molar-refractivity contribution is 5.91. The number of carbonyl (C=O) groups is 3. The van der Waals surface area contributed by atoms with Crippen molar-refractivity contribution in [3.8, 4) is 6.07 Å². The molecule has 3 rings (SSSR count). The monoisotopic (exact) mass is 470 g/mol. The first-order valence-electron chi connectivity index (χ1n) is 11.0. The number of alkyl carbamates (subject to hydrolysis) is 1. The van der Waals surface area contributed by atoms with Crippen molar-refractivity contribution in [1.82, 2.24) is 10.6 Å². The minimum absolute atomic E-state index is 0.0429. The van der Waals surface area contributed by atoms with Crippen molar-refractivity contribution < 1.29 is 19.1 Å². The number of primary amides is 1. The fourth-order valence-corrected chi connectivity index (χ4v) is 3.49. The van der Waals surface area contributed by atoms with Crippen molar-refractivity contribution in [1.29, 1.82) is 5.26 Å². The molecule has 178 valence electrons. The van der Waals surface area contributed by atoms with Crippen LogP contribution in [0, 0.1) is 11.3 Å². The fraction of sp³-hybridized carbons (Fsp3) is 0.185. The van der Waals surface area contributed by atoms with E-state index in [2.05, 4.69) is 16.7 Å². The third-order valence-corrected chi connectivity index (χ3v) is 5.33. The summed E-state index contributed by atoms with van der Waals surface area (Å²) in [6, 6.07) is 25.0. The quantitative estimate of drug-likeness (QED) is 0.419. The largest absolute Gasteiger partial charge is 0.445 e. The molecule has 0 saturated heterocycles. The highest BCUT2D eigenvalue weighted by Gasteiger charge is 2.27. The van der Waals surface area contributed by atoms with Crippen molar-refractivity contribution in [2.24, 2.45) is 5.73 Å². The summed E-state index contributed by atoms with van der Waals surface area (Å²) in [6.07, 6.45) is -0.551. The van der Waals surface area contributed by atoms with Gasteiger partial charge in [0, 0.05) is 12.8 Å². The second-order valence-corrected chi connectivity index (χ2v) is 7.88. The zero-order valence-corrected chi connectivity index (χ0v) is 19.0. The van der Waals surface area contributed by atoms with Crippen LogP contribution in [0.25, 0.3) is 0 Å². The summed E-state index contributed by atoms with van der Waals surface area (Å²) in [5, 5.41) is 14.5. The Kier molecular flexibility index (Phi) is 8.97. The molecule has 0 radical (unpaired) electrons. The second-order valence-electron chi connectivity index (χ2n) is 7.88. The number of carbonyl (C=O) groups excluding carboxylic acids is 3. The standard InChI is InChI=1S/C27H26N4O4/c28-17-22-14-8-7-13-21(22)16-23(25(29)32)30-26(33)24(15-19-9-3-1-4-10-19)31-27(34)35-18-20-11-5-2-6-12-20/h1-14,23-24H,15-16,18H2,(H2,29,32)(H,30,33)(H,31,34)/t23-,24-/m1/s1. The Morgan fingerprint density at radius 2 is 1.40 bits per heavy atom. The van der Waals surface area contributed by atoms with E-state index in [1.165, 1.54) is 0 Å². The summed E-state index contributed by atoms with van der Waals surface area (Å²) in [5.74, 6) is -1.35. The summed E-state index contributed by atoms with van der Waals surface area (Å²) in [7, 11) is 0. The molecule has 35 heavy (non-hydrogen) atoms. The first-order chi connectivity index (χ1) is 17.0. The molecule has 0 saturated carbocycles. The van der Waals surface area contributed by atoms with Crippen LogP contribution in [-0.2, 0) is 33.8 Å². The van der Waals surface area contributed by atoms with E-state index in [9.17, 15) is 19.6 Å². The number of benzene rings is 3. The average molecular weight is 471 g/mol. The van der Waals surface area contributed by atoms with E-state index < -0.39 is 30.0 Å². The van der Waals surface area contributed by atoms with Gasteiger partial charge in [-0.15, -0.1) is 0 Å². The first kappa shape index (κ1) is 25.0. The molecule has 8 nitrogen and oxygen atoms in total. The van der Waals surface area contributed by atoms with E-state index in [0.717, 1.165) is 11.1 Å². The lowest BCUT2D eigenvalue weighted by molar-refractivity contribution is -0.128. The van der Waals surface area contributed by atoms with Crippen molar-refractivity contribution in [2.75, 3.05) is 0 Å². The van der Waals surface area contributed by atoms with Crippen LogP contribution >= 0.6 is 0 Å². The van der Waals surface area contributed by atoms with Crippen LogP contribution in [-0.4, -0.2) is 30.0 Å². The minimum Gasteiger partial charge on any atom is -0.445 e. The van der Waals surface area contributed by atoms with E-state index in [-0.39, 0.29) is 19.4 Å². The fourth-order valence-electron chi connectivity index (χ4n) is 3.49. The number of hydrogen-bond acceptors (Lipinski definition) is 5. The van der Waals surface area contributed by atoms with E-state index in [1.54, 1.807) is 24.3 Å².